The number of benzene rings is 2. The van der Waals surface area contributed by atoms with Crippen LogP contribution in [0.25, 0.3) is 0 Å². The molecule has 0 aliphatic heterocycles. The smallest absolute Gasteiger partial charge is 0.226 e. The second-order valence-electron chi connectivity index (χ2n) is 5.73. The van der Waals surface area contributed by atoms with Gasteiger partial charge in [-0.05, 0) is 55.3 Å². The molecule has 0 aliphatic carbocycles. The van der Waals surface area contributed by atoms with Crippen LogP contribution in [0, 0.1) is 13.8 Å². The molecule has 0 radical (unpaired) electrons. The fourth-order valence-electron chi connectivity index (χ4n) is 2.32. The highest BCUT2D eigenvalue weighted by atomic mass is 16.2. The van der Waals surface area contributed by atoms with E-state index in [1.807, 2.05) is 12.1 Å². The first-order valence-electron chi connectivity index (χ1n) is 7.93. The molecule has 2 aromatic rings. The molecule has 2 rings (SSSR count). The molecule has 0 aromatic heterocycles. The first-order valence-corrected chi connectivity index (χ1v) is 7.93. The lowest BCUT2D eigenvalue weighted by molar-refractivity contribution is -0.116. The Labute approximate surface area is 142 Å². The van der Waals surface area contributed by atoms with Gasteiger partial charge in [0.15, 0.2) is 0 Å². The highest BCUT2D eigenvalue weighted by molar-refractivity contribution is 5.92. The predicted octanol–water partition coefficient (Wildman–Crippen LogP) is 3.70. The van der Waals surface area contributed by atoms with Crippen LogP contribution >= 0.6 is 0 Å². The summed E-state index contributed by atoms with van der Waals surface area (Å²) in [6.45, 7) is 6.16. The third-order valence-electron chi connectivity index (χ3n) is 3.76. The van der Waals surface area contributed by atoms with Gasteiger partial charge in [-0.2, -0.15) is 0 Å². The Bertz CT molecular complexity index is 724. The highest BCUT2D eigenvalue weighted by Crippen LogP contribution is 2.18. The maximum atomic E-state index is 12.0. The van der Waals surface area contributed by atoms with Gasteiger partial charge in [0.05, 0.1) is 0 Å². The van der Waals surface area contributed by atoms with E-state index in [1.54, 1.807) is 24.3 Å². The van der Waals surface area contributed by atoms with Crippen LogP contribution in [0.1, 0.15) is 24.5 Å². The summed E-state index contributed by atoms with van der Waals surface area (Å²) in [7, 11) is 0. The molecule has 0 spiro atoms. The number of amides is 2. The third kappa shape index (κ3) is 5.12. The van der Waals surface area contributed by atoms with E-state index in [0.717, 1.165) is 5.69 Å². The van der Waals surface area contributed by atoms with Gasteiger partial charge in [0.2, 0.25) is 11.8 Å². The van der Waals surface area contributed by atoms with Crippen LogP contribution in [-0.2, 0) is 9.59 Å². The van der Waals surface area contributed by atoms with Crippen LogP contribution in [0.4, 0.5) is 17.1 Å². The van der Waals surface area contributed by atoms with Crippen molar-refractivity contribution in [2.75, 3.05) is 22.5 Å². The summed E-state index contributed by atoms with van der Waals surface area (Å²) in [4.78, 5) is 23.0. The molecule has 24 heavy (non-hydrogen) atoms. The van der Waals surface area contributed by atoms with Crippen molar-refractivity contribution in [2.24, 2.45) is 0 Å². The lowest BCUT2D eigenvalue weighted by atomic mass is 10.1. The molecule has 2 aromatic carbocycles. The quantitative estimate of drug-likeness (QED) is 0.758. The molecular formula is C19H23N3O2. The van der Waals surface area contributed by atoms with E-state index in [-0.39, 0.29) is 11.8 Å². The number of rotatable bonds is 6. The van der Waals surface area contributed by atoms with Crippen molar-refractivity contribution in [2.45, 2.75) is 27.2 Å². The van der Waals surface area contributed by atoms with Crippen molar-refractivity contribution in [1.29, 1.82) is 0 Å². The summed E-state index contributed by atoms with van der Waals surface area (Å²) in [5.41, 5.74) is 4.90. The zero-order chi connectivity index (χ0) is 17.5. The monoisotopic (exact) mass is 325 g/mol. The molecule has 5 nitrogen and oxygen atoms in total. The molecule has 0 bridgehead atoms. The Hall–Kier alpha value is -2.82. The van der Waals surface area contributed by atoms with Crippen LogP contribution in [0.5, 0.6) is 0 Å². The number of nitrogens with one attached hydrogen (secondary N) is 3. The zero-order valence-corrected chi connectivity index (χ0v) is 14.3. The van der Waals surface area contributed by atoms with Gasteiger partial charge < -0.3 is 16.0 Å². The molecule has 0 aliphatic rings. The zero-order valence-electron chi connectivity index (χ0n) is 14.3. The summed E-state index contributed by atoms with van der Waals surface area (Å²) in [6, 6.07) is 13.1. The summed E-state index contributed by atoms with van der Waals surface area (Å²) < 4.78 is 0. The van der Waals surface area contributed by atoms with Gasteiger partial charge in [-0.1, -0.05) is 12.1 Å². The number of carbonyl (C=O) groups excluding carboxylic acids is 2. The first kappa shape index (κ1) is 17.5. The van der Waals surface area contributed by atoms with Crippen LogP contribution in [0.2, 0.25) is 0 Å². The van der Waals surface area contributed by atoms with Crippen molar-refractivity contribution in [3.8, 4) is 0 Å². The maximum absolute atomic E-state index is 12.0. The van der Waals surface area contributed by atoms with E-state index in [4.69, 9.17) is 0 Å². The van der Waals surface area contributed by atoms with Crippen LogP contribution in [0.3, 0.4) is 0 Å². The van der Waals surface area contributed by atoms with Gasteiger partial charge >= 0.3 is 0 Å². The predicted molar refractivity (Wildman–Crippen MR) is 98.4 cm³/mol. The molecule has 126 valence electrons. The normalized spacial score (nSPS) is 10.1. The molecule has 2 amide bonds. The van der Waals surface area contributed by atoms with Gasteiger partial charge in [0, 0.05) is 37.0 Å². The lowest BCUT2D eigenvalue weighted by Gasteiger charge is -2.11. The standard InChI is InChI=1S/C19H23N3O2/c1-13-5-4-6-18(14(13)2)20-12-11-19(24)22-17-9-7-16(8-10-17)21-15(3)23/h4-10,20H,11-12H2,1-3H3,(H,21,23)(H,22,24). The molecule has 0 saturated heterocycles. The average molecular weight is 325 g/mol. The van der Waals surface area contributed by atoms with Gasteiger partial charge in [0.25, 0.3) is 0 Å². The van der Waals surface area contributed by atoms with E-state index in [9.17, 15) is 9.59 Å². The van der Waals surface area contributed by atoms with Crippen molar-refractivity contribution >= 4 is 28.9 Å². The molecular weight excluding hydrogens is 302 g/mol. The number of hydrogen-bond donors (Lipinski definition) is 3. The molecule has 0 heterocycles. The topological polar surface area (TPSA) is 70.2 Å². The SMILES string of the molecule is CC(=O)Nc1ccc(NC(=O)CCNc2cccc(C)c2C)cc1. The Balaban J connectivity index is 1.81. The lowest BCUT2D eigenvalue weighted by Crippen LogP contribution is -2.16. The van der Waals surface area contributed by atoms with Crippen molar-refractivity contribution < 1.29 is 9.59 Å². The number of hydrogen-bond acceptors (Lipinski definition) is 3. The molecule has 3 N–H and O–H groups in total. The number of carbonyl (C=O) groups is 2. The Kier molecular flexibility index (Phi) is 5.95. The molecule has 0 saturated carbocycles. The summed E-state index contributed by atoms with van der Waals surface area (Å²) in [5, 5.41) is 8.82. The minimum absolute atomic E-state index is 0.0555. The van der Waals surface area contributed by atoms with Crippen molar-refractivity contribution in [3.63, 3.8) is 0 Å². The van der Waals surface area contributed by atoms with Crippen molar-refractivity contribution in [3.05, 3.63) is 53.6 Å². The van der Waals surface area contributed by atoms with Gasteiger partial charge in [0.1, 0.15) is 0 Å². The van der Waals surface area contributed by atoms with Gasteiger partial charge in [-0.3, -0.25) is 9.59 Å². The van der Waals surface area contributed by atoms with E-state index >= 15 is 0 Å². The Morgan fingerprint density at radius 2 is 1.54 bits per heavy atom. The second kappa shape index (κ2) is 8.15. The largest absolute Gasteiger partial charge is 0.384 e. The minimum atomic E-state index is -0.121. The van der Waals surface area contributed by atoms with E-state index in [1.165, 1.54) is 18.1 Å². The van der Waals surface area contributed by atoms with Gasteiger partial charge in [-0.25, -0.2) is 0 Å². The third-order valence-corrected chi connectivity index (χ3v) is 3.76. The summed E-state index contributed by atoms with van der Waals surface area (Å²) in [5.74, 6) is -0.176. The van der Waals surface area contributed by atoms with Crippen LogP contribution in [-0.4, -0.2) is 18.4 Å². The second-order valence-corrected chi connectivity index (χ2v) is 5.73. The Morgan fingerprint density at radius 3 is 2.17 bits per heavy atom. The maximum Gasteiger partial charge on any atom is 0.226 e. The van der Waals surface area contributed by atoms with E-state index < -0.39 is 0 Å². The van der Waals surface area contributed by atoms with E-state index in [2.05, 4.69) is 35.9 Å². The highest BCUT2D eigenvalue weighted by Gasteiger charge is 2.04. The summed E-state index contributed by atoms with van der Waals surface area (Å²) in [6.07, 6.45) is 0.376. The molecule has 5 heteroatoms. The summed E-state index contributed by atoms with van der Waals surface area (Å²) >= 11 is 0. The molecule has 0 unspecified atom stereocenters. The van der Waals surface area contributed by atoms with Gasteiger partial charge in [-0.15, -0.1) is 0 Å². The average Bonchev–Trinajstić information content (AvgIpc) is 2.53. The van der Waals surface area contributed by atoms with Crippen molar-refractivity contribution in [1.82, 2.24) is 0 Å². The number of aryl methyl sites for hydroxylation is 1. The fourth-order valence-corrected chi connectivity index (χ4v) is 2.32. The van der Waals surface area contributed by atoms with E-state index in [0.29, 0.717) is 24.3 Å². The Morgan fingerprint density at radius 1 is 0.917 bits per heavy atom. The molecule has 0 fully saturated rings. The number of anilines is 3. The van der Waals surface area contributed by atoms with Crippen LogP contribution in [0.15, 0.2) is 42.5 Å². The molecule has 0 atom stereocenters. The minimum Gasteiger partial charge on any atom is -0.384 e. The fraction of sp³-hybridized carbons (Fsp3) is 0.263. The first-order chi connectivity index (χ1) is 11.5. The van der Waals surface area contributed by atoms with Crippen LogP contribution < -0.4 is 16.0 Å².